The van der Waals surface area contributed by atoms with Crippen molar-refractivity contribution in [3.05, 3.63) is 0 Å². The van der Waals surface area contributed by atoms with Gasteiger partial charge in [-0.15, -0.1) is 24.0 Å². The van der Waals surface area contributed by atoms with E-state index in [0.717, 1.165) is 19.0 Å². The van der Waals surface area contributed by atoms with Crippen molar-refractivity contribution in [3.63, 3.8) is 0 Å². The van der Waals surface area contributed by atoms with Gasteiger partial charge >= 0.3 is 0 Å². The summed E-state index contributed by atoms with van der Waals surface area (Å²) in [6.45, 7) is 3.58. The van der Waals surface area contributed by atoms with E-state index in [-0.39, 0.29) is 36.3 Å². The zero-order chi connectivity index (χ0) is 18.2. The Morgan fingerprint density at radius 2 is 1.77 bits per heavy atom. The van der Waals surface area contributed by atoms with Gasteiger partial charge in [-0.25, -0.2) is 8.42 Å². The number of likely N-dealkylation sites (tertiary alicyclic amines) is 1. The van der Waals surface area contributed by atoms with Crippen LogP contribution in [0.5, 0.6) is 0 Å². The van der Waals surface area contributed by atoms with Crippen molar-refractivity contribution in [1.29, 1.82) is 0 Å². The van der Waals surface area contributed by atoms with Gasteiger partial charge < -0.3 is 15.0 Å². The van der Waals surface area contributed by atoms with Crippen molar-refractivity contribution in [2.24, 2.45) is 10.4 Å². The molecule has 0 aromatic heterocycles. The first-order valence-corrected chi connectivity index (χ1v) is 11.7. The third-order valence-corrected chi connectivity index (χ3v) is 6.37. The number of sulfone groups is 1. The number of piperidine rings is 1. The second-order valence-electron chi connectivity index (χ2n) is 7.66. The summed E-state index contributed by atoms with van der Waals surface area (Å²) >= 11 is 0. The molecule has 1 aliphatic heterocycles. The molecule has 2 aliphatic rings. The first-order chi connectivity index (χ1) is 11.9. The van der Waals surface area contributed by atoms with Crippen molar-refractivity contribution < 1.29 is 13.2 Å². The number of rotatable bonds is 6. The first-order valence-electron chi connectivity index (χ1n) is 9.65. The van der Waals surface area contributed by atoms with Crippen molar-refractivity contribution in [2.75, 3.05) is 51.9 Å². The fourth-order valence-electron chi connectivity index (χ4n) is 4.16. The second-order valence-corrected chi connectivity index (χ2v) is 9.92. The van der Waals surface area contributed by atoms with Crippen LogP contribution in [0.25, 0.3) is 0 Å². The number of aliphatic imine (C=N–C) groups is 1. The molecule has 0 radical (unpaired) electrons. The highest BCUT2D eigenvalue weighted by molar-refractivity contribution is 14.0. The van der Waals surface area contributed by atoms with E-state index in [2.05, 4.69) is 15.2 Å². The Bertz CT molecular complexity index is 532. The smallest absolute Gasteiger partial charge is 0.193 e. The van der Waals surface area contributed by atoms with Crippen LogP contribution in [0, 0.1) is 5.41 Å². The lowest BCUT2D eigenvalue weighted by Gasteiger charge is -2.44. The molecule has 2 fully saturated rings. The van der Waals surface area contributed by atoms with E-state index in [0.29, 0.717) is 18.6 Å². The molecular formula is C18H36IN3O3S. The van der Waals surface area contributed by atoms with E-state index < -0.39 is 9.84 Å². The van der Waals surface area contributed by atoms with Crippen LogP contribution in [-0.4, -0.2) is 71.2 Å². The summed E-state index contributed by atoms with van der Waals surface area (Å²) in [7, 11) is -1.11. The van der Waals surface area contributed by atoms with Gasteiger partial charge in [0, 0.05) is 32.9 Å². The predicted octanol–water partition coefficient (Wildman–Crippen LogP) is 2.68. The Labute approximate surface area is 176 Å². The summed E-state index contributed by atoms with van der Waals surface area (Å²) in [6, 6.07) is 0. The van der Waals surface area contributed by atoms with Crippen molar-refractivity contribution in [3.8, 4) is 0 Å². The number of halogens is 1. The standard InChI is InChI=1S/C18H35N3O3S.HI/c1-19-17(20-11-13-24-14-15-25(2,22)23)21-12-7-10-18(16-21)8-5-3-4-6-9-18;/h3-16H2,1-2H3,(H,19,20);1H. The van der Waals surface area contributed by atoms with E-state index in [9.17, 15) is 8.42 Å². The van der Waals surface area contributed by atoms with Gasteiger partial charge in [0.25, 0.3) is 0 Å². The van der Waals surface area contributed by atoms with Crippen LogP contribution < -0.4 is 5.32 Å². The summed E-state index contributed by atoms with van der Waals surface area (Å²) in [5.41, 5.74) is 0.484. The molecule has 1 spiro atoms. The molecule has 0 unspecified atom stereocenters. The van der Waals surface area contributed by atoms with Gasteiger partial charge in [-0.05, 0) is 31.1 Å². The summed E-state index contributed by atoms with van der Waals surface area (Å²) in [6.07, 6.45) is 12.1. The van der Waals surface area contributed by atoms with E-state index in [1.165, 1.54) is 57.6 Å². The molecule has 1 saturated carbocycles. The summed E-state index contributed by atoms with van der Waals surface area (Å²) < 4.78 is 27.6. The third kappa shape index (κ3) is 8.29. The molecule has 0 amide bonds. The average Bonchev–Trinajstić information content (AvgIpc) is 2.79. The monoisotopic (exact) mass is 501 g/mol. The highest BCUT2D eigenvalue weighted by Crippen LogP contribution is 2.42. The Hall–Kier alpha value is -0.0900. The molecule has 2 rings (SSSR count). The van der Waals surface area contributed by atoms with E-state index in [1.807, 2.05) is 7.05 Å². The van der Waals surface area contributed by atoms with Crippen LogP contribution in [0.1, 0.15) is 51.4 Å². The maximum absolute atomic E-state index is 11.1. The van der Waals surface area contributed by atoms with Crippen LogP contribution in [0.2, 0.25) is 0 Å². The van der Waals surface area contributed by atoms with Gasteiger partial charge in [0.1, 0.15) is 9.84 Å². The number of hydrogen-bond acceptors (Lipinski definition) is 4. The number of nitrogens with zero attached hydrogens (tertiary/aromatic N) is 2. The number of hydrogen-bond donors (Lipinski definition) is 1. The molecule has 6 nitrogen and oxygen atoms in total. The molecule has 26 heavy (non-hydrogen) atoms. The van der Waals surface area contributed by atoms with Crippen LogP contribution in [-0.2, 0) is 14.6 Å². The molecule has 0 bridgehead atoms. The van der Waals surface area contributed by atoms with Gasteiger partial charge in [0.2, 0.25) is 0 Å². The Balaban J connectivity index is 0.00000338. The number of guanidine groups is 1. The minimum Gasteiger partial charge on any atom is -0.379 e. The summed E-state index contributed by atoms with van der Waals surface area (Å²) in [5.74, 6) is 1.03. The van der Waals surface area contributed by atoms with Gasteiger partial charge in [-0.2, -0.15) is 0 Å². The molecule has 8 heteroatoms. The minimum absolute atomic E-state index is 0. The zero-order valence-electron chi connectivity index (χ0n) is 16.3. The summed E-state index contributed by atoms with van der Waals surface area (Å²) in [5, 5.41) is 3.38. The van der Waals surface area contributed by atoms with Gasteiger partial charge in [0.05, 0.1) is 19.0 Å². The summed E-state index contributed by atoms with van der Waals surface area (Å²) in [4.78, 5) is 6.86. The quantitative estimate of drug-likeness (QED) is 0.262. The van der Waals surface area contributed by atoms with E-state index in [4.69, 9.17) is 4.74 Å². The average molecular weight is 501 g/mol. The lowest BCUT2D eigenvalue weighted by molar-refractivity contribution is 0.114. The Morgan fingerprint density at radius 3 is 2.38 bits per heavy atom. The molecule has 1 aliphatic carbocycles. The van der Waals surface area contributed by atoms with E-state index in [1.54, 1.807) is 0 Å². The van der Waals surface area contributed by atoms with Crippen LogP contribution in [0.4, 0.5) is 0 Å². The lowest BCUT2D eigenvalue weighted by Crippen LogP contribution is -2.51. The normalized spacial score (nSPS) is 21.2. The fraction of sp³-hybridized carbons (Fsp3) is 0.944. The molecule has 0 aromatic rings. The molecule has 154 valence electrons. The topological polar surface area (TPSA) is 71.0 Å². The van der Waals surface area contributed by atoms with Gasteiger partial charge in [0.15, 0.2) is 5.96 Å². The molecule has 1 heterocycles. The van der Waals surface area contributed by atoms with Crippen LogP contribution >= 0.6 is 24.0 Å². The van der Waals surface area contributed by atoms with Crippen LogP contribution in [0.3, 0.4) is 0 Å². The molecule has 1 saturated heterocycles. The number of nitrogens with one attached hydrogen (secondary N) is 1. The third-order valence-electron chi connectivity index (χ3n) is 5.46. The Kier molecular flexibility index (Phi) is 10.8. The second kappa shape index (κ2) is 11.7. The zero-order valence-corrected chi connectivity index (χ0v) is 19.5. The van der Waals surface area contributed by atoms with Gasteiger partial charge in [-0.1, -0.05) is 25.7 Å². The van der Waals surface area contributed by atoms with Gasteiger partial charge in [-0.3, -0.25) is 4.99 Å². The molecular weight excluding hydrogens is 465 g/mol. The molecule has 1 N–H and O–H groups in total. The van der Waals surface area contributed by atoms with Crippen molar-refractivity contribution in [1.82, 2.24) is 10.2 Å². The predicted molar refractivity (Wildman–Crippen MR) is 118 cm³/mol. The fourth-order valence-corrected chi connectivity index (χ4v) is 4.58. The van der Waals surface area contributed by atoms with E-state index >= 15 is 0 Å². The maximum atomic E-state index is 11.1. The SMILES string of the molecule is CN=C(NCCOCCS(C)(=O)=O)N1CCCC2(CCCCCC2)C1.I. The number of ether oxygens (including phenoxy) is 1. The molecule has 0 aromatic carbocycles. The first kappa shape index (κ1) is 23.9. The minimum atomic E-state index is -2.95. The molecule has 0 atom stereocenters. The largest absolute Gasteiger partial charge is 0.379 e. The van der Waals surface area contributed by atoms with Crippen molar-refractivity contribution >= 4 is 39.8 Å². The highest BCUT2D eigenvalue weighted by atomic mass is 127. The lowest BCUT2D eigenvalue weighted by atomic mass is 9.74. The van der Waals surface area contributed by atoms with Crippen molar-refractivity contribution in [2.45, 2.75) is 51.4 Å². The Morgan fingerprint density at radius 1 is 1.12 bits per heavy atom. The van der Waals surface area contributed by atoms with Crippen LogP contribution in [0.15, 0.2) is 4.99 Å². The maximum Gasteiger partial charge on any atom is 0.193 e. The highest BCUT2D eigenvalue weighted by Gasteiger charge is 2.36.